The number of ketones is 1. The normalized spacial score (nSPS) is 12.3. The highest BCUT2D eigenvalue weighted by Gasteiger charge is 2.24. The van der Waals surface area contributed by atoms with Crippen LogP contribution in [0.3, 0.4) is 0 Å². The fourth-order valence-corrected chi connectivity index (χ4v) is 3.45. The summed E-state index contributed by atoms with van der Waals surface area (Å²) >= 11 is 5.96. The number of aliphatic imine (C=N–C) groups is 1. The summed E-state index contributed by atoms with van der Waals surface area (Å²) in [5, 5.41) is 10.0. The van der Waals surface area contributed by atoms with Crippen LogP contribution in [0, 0.1) is 5.82 Å². The lowest BCUT2D eigenvalue weighted by Crippen LogP contribution is -2.37. The number of halogens is 5. The van der Waals surface area contributed by atoms with Gasteiger partial charge in [-0.25, -0.2) is 37.5 Å². The summed E-state index contributed by atoms with van der Waals surface area (Å²) in [6.07, 6.45) is 0.334. The van der Waals surface area contributed by atoms with Gasteiger partial charge in [0.2, 0.25) is 5.92 Å². The van der Waals surface area contributed by atoms with E-state index in [4.69, 9.17) is 11.6 Å². The van der Waals surface area contributed by atoms with E-state index in [2.05, 4.69) is 20.6 Å². The van der Waals surface area contributed by atoms with Gasteiger partial charge >= 0.3 is 5.69 Å². The van der Waals surface area contributed by atoms with Crippen molar-refractivity contribution in [3.05, 3.63) is 69.9 Å². The van der Waals surface area contributed by atoms with E-state index in [0.29, 0.717) is 10.6 Å². The molecular formula is C25H26ClF4N7O2. The number of carbonyl (C=O) groups excluding carboxylic acids is 1. The summed E-state index contributed by atoms with van der Waals surface area (Å²) in [5.74, 6) is -4.09. The fourth-order valence-electron chi connectivity index (χ4n) is 3.32. The number of anilines is 1. The highest BCUT2D eigenvalue weighted by Crippen LogP contribution is 2.22. The van der Waals surface area contributed by atoms with Gasteiger partial charge in [-0.05, 0) is 43.3 Å². The monoisotopic (exact) mass is 567 g/mol. The van der Waals surface area contributed by atoms with Crippen molar-refractivity contribution >= 4 is 35.1 Å². The Morgan fingerprint density at radius 3 is 2.56 bits per heavy atom. The van der Waals surface area contributed by atoms with Crippen molar-refractivity contribution in [1.82, 2.24) is 19.8 Å². The first-order chi connectivity index (χ1) is 18.5. The molecule has 0 aliphatic rings. The van der Waals surface area contributed by atoms with Gasteiger partial charge in [-0.2, -0.15) is 5.12 Å². The van der Waals surface area contributed by atoms with Crippen LogP contribution < -0.4 is 16.2 Å². The van der Waals surface area contributed by atoms with Crippen LogP contribution >= 0.6 is 11.6 Å². The third kappa shape index (κ3) is 8.86. The fraction of sp³-hybridized carbons (Fsp3) is 0.320. The van der Waals surface area contributed by atoms with E-state index in [1.807, 2.05) is 0 Å². The number of nitrogens with zero attached hydrogens (tertiary/aromatic N) is 6. The highest BCUT2D eigenvalue weighted by atomic mass is 35.5. The number of Topliss-reactive ketones (excluding diaryl/α,β-unsaturated/α-hetero) is 1. The maximum atomic E-state index is 13.9. The molecule has 14 heteroatoms. The highest BCUT2D eigenvalue weighted by molar-refractivity contribution is 6.30. The molecule has 39 heavy (non-hydrogen) atoms. The molecule has 0 radical (unpaired) electrons. The van der Waals surface area contributed by atoms with Gasteiger partial charge in [-0.1, -0.05) is 17.7 Å². The number of carbonyl (C=O) groups is 1. The number of hydrazone groups is 1. The third-order valence-electron chi connectivity index (χ3n) is 5.11. The third-order valence-corrected chi connectivity index (χ3v) is 5.36. The van der Waals surface area contributed by atoms with Crippen LogP contribution in [0.4, 0.5) is 23.2 Å². The molecule has 0 fully saturated rings. The van der Waals surface area contributed by atoms with E-state index < -0.39 is 42.9 Å². The van der Waals surface area contributed by atoms with Gasteiger partial charge in [-0.15, -0.1) is 10.2 Å². The summed E-state index contributed by atoms with van der Waals surface area (Å²) in [6.45, 7) is 0.293. The molecule has 2 aromatic carbocycles. The summed E-state index contributed by atoms with van der Waals surface area (Å²) in [7, 11) is 0. The maximum Gasteiger partial charge on any atom is 0.346 e. The molecule has 1 heterocycles. The molecule has 3 rings (SSSR count). The van der Waals surface area contributed by atoms with Crippen LogP contribution in [-0.4, -0.2) is 51.3 Å². The number of aromatic nitrogens is 3. The average molecular weight is 568 g/mol. The molecule has 0 saturated heterocycles. The van der Waals surface area contributed by atoms with E-state index in [1.54, 1.807) is 24.3 Å². The number of amidine groups is 1. The first-order valence-electron chi connectivity index (χ1n) is 11.8. The van der Waals surface area contributed by atoms with Gasteiger partial charge < -0.3 is 0 Å². The van der Waals surface area contributed by atoms with Crippen molar-refractivity contribution in [2.75, 3.05) is 18.3 Å². The predicted molar refractivity (Wildman–Crippen MR) is 142 cm³/mol. The summed E-state index contributed by atoms with van der Waals surface area (Å²) < 4.78 is 56.1. The van der Waals surface area contributed by atoms with Crippen LogP contribution in [-0.2, 0) is 17.9 Å². The standard InChI is InChI=1S/C25H26ClF4N7O2/c1-17(38)15-31-22(33-37(32-12-11-27)21-5-3-4-20(28)14-21)16-36-24(39)35(13-10-25(2,29)30)23(34-36)18-6-8-19(26)9-7-18/h3-9,14-15,32H,10-13,16H2,1-2H3/b31-15?,33-22-. The number of hydrogen-bond donors (Lipinski definition) is 1. The second-order valence-electron chi connectivity index (χ2n) is 8.52. The zero-order chi connectivity index (χ0) is 28.6. The molecule has 0 amide bonds. The van der Waals surface area contributed by atoms with Crippen molar-refractivity contribution in [2.45, 2.75) is 39.3 Å². The Kier molecular flexibility index (Phi) is 10.1. The van der Waals surface area contributed by atoms with Crippen molar-refractivity contribution in [2.24, 2.45) is 10.1 Å². The van der Waals surface area contributed by atoms with Crippen molar-refractivity contribution in [3.63, 3.8) is 0 Å². The van der Waals surface area contributed by atoms with Crippen LogP contribution in [0.15, 0.2) is 63.4 Å². The van der Waals surface area contributed by atoms with Gasteiger partial charge in [0.05, 0.1) is 11.9 Å². The molecule has 0 bridgehead atoms. The first kappa shape index (κ1) is 29.7. The Balaban J connectivity index is 2.08. The minimum atomic E-state index is -3.04. The zero-order valence-corrected chi connectivity index (χ0v) is 21.9. The molecule has 3 aromatic rings. The lowest BCUT2D eigenvalue weighted by molar-refractivity contribution is -0.110. The van der Waals surface area contributed by atoms with Crippen molar-refractivity contribution < 1.29 is 22.4 Å². The Labute approximate surface area is 226 Å². The van der Waals surface area contributed by atoms with Crippen LogP contribution in [0.1, 0.15) is 20.3 Å². The van der Waals surface area contributed by atoms with Crippen molar-refractivity contribution in [3.8, 4) is 11.4 Å². The van der Waals surface area contributed by atoms with Gasteiger partial charge in [0, 0.05) is 43.1 Å². The van der Waals surface area contributed by atoms with Gasteiger partial charge in [0.1, 0.15) is 19.0 Å². The quantitative estimate of drug-likeness (QED) is 0.150. The molecular weight excluding hydrogens is 542 g/mol. The lowest BCUT2D eigenvalue weighted by atomic mass is 10.2. The molecule has 0 atom stereocenters. The average Bonchev–Trinajstić information content (AvgIpc) is 3.18. The molecule has 208 valence electrons. The smallest absolute Gasteiger partial charge is 0.293 e. The Morgan fingerprint density at radius 2 is 1.95 bits per heavy atom. The minimum Gasteiger partial charge on any atom is -0.293 e. The van der Waals surface area contributed by atoms with Crippen LogP contribution in [0.2, 0.25) is 5.02 Å². The molecule has 9 nitrogen and oxygen atoms in total. The zero-order valence-electron chi connectivity index (χ0n) is 21.1. The van der Waals surface area contributed by atoms with Crippen LogP contribution in [0.25, 0.3) is 11.4 Å². The molecule has 1 N–H and O–H groups in total. The van der Waals surface area contributed by atoms with Crippen molar-refractivity contribution in [1.29, 1.82) is 0 Å². The Bertz CT molecular complexity index is 1400. The summed E-state index contributed by atoms with van der Waals surface area (Å²) in [5.41, 5.74) is 2.55. The molecule has 1 aromatic heterocycles. The summed E-state index contributed by atoms with van der Waals surface area (Å²) in [4.78, 5) is 28.9. The lowest BCUT2D eigenvalue weighted by Gasteiger charge is -2.20. The van der Waals surface area contributed by atoms with Gasteiger partial charge in [0.15, 0.2) is 17.4 Å². The van der Waals surface area contributed by atoms with Gasteiger partial charge in [-0.3, -0.25) is 9.36 Å². The van der Waals surface area contributed by atoms with E-state index in [9.17, 15) is 27.2 Å². The predicted octanol–water partition coefficient (Wildman–Crippen LogP) is 4.50. The molecule has 0 saturated carbocycles. The summed E-state index contributed by atoms with van der Waals surface area (Å²) in [6, 6.07) is 11.6. The Morgan fingerprint density at radius 1 is 1.23 bits per heavy atom. The number of nitrogens with one attached hydrogen (secondary N) is 1. The van der Waals surface area contributed by atoms with E-state index in [0.717, 1.165) is 33.6 Å². The molecule has 0 spiro atoms. The maximum absolute atomic E-state index is 13.9. The SMILES string of the molecule is CC(=O)C=N/C(Cn1nc(-c2ccc(Cl)cc2)n(CCC(C)(F)F)c1=O)=N\N(NCCF)c1cccc(F)c1. The van der Waals surface area contributed by atoms with E-state index >= 15 is 0 Å². The number of rotatable bonds is 12. The van der Waals surface area contributed by atoms with E-state index in [-0.39, 0.29) is 30.4 Å². The van der Waals surface area contributed by atoms with Gasteiger partial charge in [0.25, 0.3) is 0 Å². The van der Waals surface area contributed by atoms with Crippen LogP contribution in [0.5, 0.6) is 0 Å². The van der Waals surface area contributed by atoms with E-state index in [1.165, 1.54) is 25.1 Å². The second kappa shape index (κ2) is 13.3. The second-order valence-corrected chi connectivity index (χ2v) is 8.95. The molecule has 0 aliphatic heterocycles. The number of hydrazine groups is 1. The number of alkyl halides is 3. The topological polar surface area (TPSA) is 96.9 Å². The number of hydrogen-bond acceptors (Lipinski definition) is 6. The Hall–Kier alpha value is -3.84. The molecule has 0 aliphatic carbocycles. The minimum absolute atomic E-state index is 0.105. The largest absolute Gasteiger partial charge is 0.346 e. The first-order valence-corrected chi connectivity index (χ1v) is 12.1. The number of benzene rings is 2. The molecule has 0 unspecified atom stereocenters.